The van der Waals surface area contributed by atoms with E-state index in [1.54, 1.807) is 7.05 Å². The van der Waals surface area contributed by atoms with E-state index in [1.807, 2.05) is 12.1 Å². The molecule has 0 bridgehead atoms. The number of nitrogens with zero attached hydrogens (tertiary/aromatic N) is 2. The van der Waals surface area contributed by atoms with Crippen LogP contribution in [-0.2, 0) is 11.3 Å². The summed E-state index contributed by atoms with van der Waals surface area (Å²) in [4.78, 5) is 4.23. The molecule has 0 spiro atoms. The van der Waals surface area contributed by atoms with Crippen LogP contribution in [0.25, 0.3) is 0 Å². The number of aromatic nitrogens is 1. The molecule has 0 aliphatic heterocycles. The number of rotatable bonds is 8. The van der Waals surface area contributed by atoms with Crippen molar-refractivity contribution in [3.05, 3.63) is 24.5 Å². The molecule has 1 fully saturated rings. The Balaban J connectivity index is 1.49. The maximum absolute atomic E-state index is 5.84. The van der Waals surface area contributed by atoms with Gasteiger partial charge in [-0.2, -0.15) is 0 Å². The highest BCUT2D eigenvalue weighted by molar-refractivity contribution is 5.79. The summed E-state index contributed by atoms with van der Waals surface area (Å²) in [5.41, 5.74) is 0. The quantitative estimate of drug-likeness (QED) is 0.438. The molecule has 1 saturated carbocycles. The van der Waals surface area contributed by atoms with Crippen molar-refractivity contribution in [2.45, 2.75) is 44.8 Å². The van der Waals surface area contributed by atoms with Gasteiger partial charge in [0.15, 0.2) is 5.96 Å². The second-order valence-electron chi connectivity index (χ2n) is 5.48. The molecule has 0 saturated heterocycles. The number of ether oxygens (including phenoxy) is 1. The minimum absolute atomic E-state index is 0.518. The van der Waals surface area contributed by atoms with Crippen LogP contribution in [0.3, 0.4) is 0 Å². The van der Waals surface area contributed by atoms with Crippen molar-refractivity contribution >= 4 is 5.96 Å². The lowest BCUT2D eigenvalue weighted by atomic mass is 10.3. The third-order valence-corrected chi connectivity index (χ3v) is 3.82. The van der Waals surface area contributed by atoms with Crippen LogP contribution >= 0.6 is 0 Å². The van der Waals surface area contributed by atoms with E-state index in [0.29, 0.717) is 6.10 Å². The normalized spacial score (nSPS) is 16.3. The molecule has 0 radical (unpaired) electrons. The highest BCUT2D eigenvalue weighted by Gasteiger charge is 2.14. The van der Waals surface area contributed by atoms with Gasteiger partial charge in [0, 0.05) is 45.7 Å². The van der Waals surface area contributed by atoms with Gasteiger partial charge in [-0.3, -0.25) is 4.99 Å². The summed E-state index contributed by atoms with van der Waals surface area (Å²) >= 11 is 0. The van der Waals surface area contributed by atoms with E-state index >= 15 is 0 Å². The highest BCUT2D eigenvalue weighted by Crippen LogP contribution is 2.20. The van der Waals surface area contributed by atoms with Crippen LogP contribution < -0.4 is 10.6 Å². The van der Waals surface area contributed by atoms with Crippen molar-refractivity contribution in [3.63, 3.8) is 0 Å². The van der Waals surface area contributed by atoms with Gasteiger partial charge in [0.1, 0.15) is 0 Å². The second kappa shape index (κ2) is 9.45. The molecular weight excluding hydrogens is 264 g/mol. The molecule has 1 heterocycles. The topological polar surface area (TPSA) is 50.6 Å². The van der Waals surface area contributed by atoms with Gasteiger partial charge < -0.3 is 19.9 Å². The zero-order chi connectivity index (χ0) is 14.8. The van der Waals surface area contributed by atoms with Crippen molar-refractivity contribution in [1.29, 1.82) is 0 Å². The van der Waals surface area contributed by atoms with E-state index in [2.05, 4.69) is 32.6 Å². The minimum atomic E-state index is 0.518. The Morgan fingerprint density at radius 1 is 1.19 bits per heavy atom. The Kier molecular flexibility index (Phi) is 7.15. The monoisotopic (exact) mass is 292 g/mol. The molecule has 1 aliphatic carbocycles. The first kappa shape index (κ1) is 15.9. The first-order chi connectivity index (χ1) is 10.4. The molecule has 5 heteroatoms. The molecule has 5 nitrogen and oxygen atoms in total. The smallest absolute Gasteiger partial charge is 0.191 e. The molecule has 2 N–H and O–H groups in total. The first-order valence-electron chi connectivity index (χ1n) is 8.05. The summed E-state index contributed by atoms with van der Waals surface area (Å²) in [5.74, 6) is 0.864. The molecule has 0 unspecified atom stereocenters. The summed E-state index contributed by atoms with van der Waals surface area (Å²) in [6.07, 6.45) is 10.8. The van der Waals surface area contributed by atoms with Gasteiger partial charge in [0.05, 0.1) is 6.10 Å². The van der Waals surface area contributed by atoms with E-state index in [9.17, 15) is 0 Å². The number of guanidine groups is 1. The predicted molar refractivity (Wildman–Crippen MR) is 86.6 cm³/mol. The fraction of sp³-hybridized carbons (Fsp3) is 0.688. The van der Waals surface area contributed by atoms with Gasteiger partial charge in [0.2, 0.25) is 0 Å². The lowest BCUT2D eigenvalue weighted by Crippen LogP contribution is -2.39. The third kappa shape index (κ3) is 6.21. The molecule has 0 atom stereocenters. The predicted octanol–water partition coefficient (Wildman–Crippen LogP) is 2.00. The summed E-state index contributed by atoms with van der Waals surface area (Å²) in [6, 6.07) is 4.08. The van der Waals surface area contributed by atoms with E-state index in [4.69, 9.17) is 4.74 Å². The Morgan fingerprint density at radius 2 is 1.90 bits per heavy atom. The van der Waals surface area contributed by atoms with Crippen molar-refractivity contribution in [2.75, 3.05) is 26.7 Å². The van der Waals surface area contributed by atoms with Gasteiger partial charge in [-0.1, -0.05) is 12.8 Å². The lowest BCUT2D eigenvalue weighted by molar-refractivity contribution is 0.0574. The fourth-order valence-corrected chi connectivity index (χ4v) is 2.63. The molecule has 118 valence electrons. The maximum atomic E-state index is 5.84. The Labute approximate surface area is 127 Å². The standard InChI is InChI=1S/C16H28N4O/c1-17-16(19-10-13-20-11-4-5-12-20)18-9-6-14-21-15-7-2-3-8-15/h4-5,11-12,15H,2-3,6-10,13-14H2,1H3,(H2,17,18,19). The number of nitrogens with one attached hydrogen (secondary N) is 2. The largest absolute Gasteiger partial charge is 0.378 e. The van der Waals surface area contributed by atoms with Crippen LogP contribution in [0.1, 0.15) is 32.1 Å². The van der Waals surface area contributed by atoms with Crippen molar-refractivity contribution in [2.24, 2.45) is 4.99 Å². The molecule has 2 rings (SSSR count). The van der Waals surface area contributed by atoms with Gasteiger partial charge in [0.25, 0.3) is 0 Å². The van der Waals surface area contributed by atoms with Gasteiger partial charge >= 0.3 is 0 Å². The van der Waals surface area contributed by atoms with Gasteiger partial charge in [-0.15, -0.1) is 0 Å². The Morgan fingerprint density at radius 3 is 2.62 bits per heavy atom. The maximum Gasteiger partial charge on any atom is 0.191 e. The highest BCUT2D eigenvalue weighted by atomic mass is 16.5. The van der Waals surface area contributed by atoms with Gasteiger partial charge in [-0.05, 0) is 31.4 Å². The number of aliphatic imine (C=N–C) groups is 1. The van der Waals surface area contributed by atoms with Crippen molar-refractivity contribution in [3.8, 4) is 0 Å². The van der Waals surface area contributed by atoms with Gasteiger partial charge in [-0.25, -0.2) is 0 Å². The van der Waals surface area contributed by atoms with E-state index in [-0.39, 0.29) is 0 Å². The number of hydrogen-bond donors (Lipinski definition) is 2. The second-order valence-corrected chi connectivity index (χ2v) is 5.48. The first-order valence-corrected chi connectivity index (χ1v) is 8.05. The van der Waals surface area contributed by atoms with Crippen molar-refractivity contribution in [1.82, 2.24) is 15.2 Å². The lowest BCUT2D eigenvalue weighted by Gasteiger charge is -2.13. The Bertz CT molecular complexity index is 396. The fourth-order valence-electron chi connectivity index (χ4n) is 2.63. The Hall–Kier alpha value is -1.49. The average molecular weight is 292 g/mol. The van der Waals surface area contributed by atoms with E-state index < -0.39 is 0 Å². The molecule has 21 heavy (non-hydrogen) atoms. The molecular formula is C16H28N4O. The zero-order valence-electron chi connectivity index (χ0n) is 13.1. The third-order valence-electron chi connectivity index (χ3n) is 3.82. The average Bonchev–Trinajstić information content (AvgIpc) is 3.18. The molecule has 1 aromatic heterocycles. The molecule has 1 aliphatic rings. The van der Waals surface area contributed by atoms with E-state index in [0.717, 1.165) is 38.6 Å². The summed E-state index contributed by atoms with van der Waals surface area (Å²) in [5, 5.41) is 6.64. The van der Waals surface area contributed by atoms with Crippen LogP contribution in [0.2, 0.25) is 0 Å². The molecule has 1 aromatic rings. The van der Waals surface area contributed by atoms with Crippen LogP contribution in [-0.4, -0.2) is 43.4 Å². The summed E-state index contributed by atoms with van der Waals surface area (Å²) in [7, 11) is 1.81. The van der Waals surface area contributed by atoms with Crippen LogP contribution in [0.5, 0.6) is 0 Å². The summed E-state index contributed by atoms with van der Waals surface area (Å²) < 4.78 is 7.99. The van der Waals surface area contributed by atoms with Crippen LogP contribution in [0, 0.1) is 0 Å². The SMILES string of the molecule is CN=C(NCCCOC1CCCC1)NCCn1cccc1. The van der Waals surface area contributed by atoms with Crippen LogP contribution in [0.15, 0.2) is 29.5 Å². The number of hydrogen-bond acceptors (Lipinski definition) is 2. The summed E-state index contributed by atoms with van der Waals surface area (Å²) in [6.45, 7) is 3.55. The van der Waals surface area contributed by atoms with Crippen molar-refractivity contribution < 1.29 is 4.74 Å². The van der Waals surface area contributed by atoms with E-state index in [1.165, 1.54) is 25.7 Å². The van der Waals surface area contributed by atoms with Crippen LogP contribution in [0.4, 0.5) is 0 Å². The zero-order valence-corrected chi connectivity index (χ0v) is 13.1. The molecule has 0 amide bonds. The molecule has 0 aromatic carbocycles. The minimum Gasteiger partial charge on any atom is -0.378 e.